The summed E-state index contributed by atoms with van der Waals surface area (Å²) in [5.74, 6) is 0. The normalized spacial score (nSPS) is 10.9. The van der Waals surface area contributed by atoms with Crippen molar-refractivity contribution in [2.75, 3.05) is 0 Å². The van der Waals surface area contributed by atoms with Gasteiger partial charge in [-0.25, -0.2) is 0 Å². The fourth-order valence-electron chi connectivity index (χ4n) is 3.28. The molecule has 2 aromatic rings. The van der Waals surface area contributed by atoms with Crippen LogP contribution in [0.5, 0.6) is 0 Å². The first kappa shape index (κ1) is 19.6. The maximum atomic E-state index is 4.45. The molecule has 0 fully saturated rings. The van der Waals surface area contributed by atoms with Crippen LogP contribution in [-0.4, -0.2) is 9.97 Å². The number of hydrogen-bond acceptors (Lipinski definition) is 2. The van der Waals surface area contributed by atoms with Crippen molar-refractivity contribution in [1.82, 2.24) is 9.97 Å². The van der Waals surface area contributed by atoms with Gasteiger partial charge in [-0.1, -0.05) is 77.2 Å². The third-order valence-electron chi connectivity index (χ3n) is 4.82. The SMILES string of the molecule is CCCCCCCCCCCCCc1ccnc(-c2ccccn2)c1. The zero-order chi connectivity index (χ0) is 17.6. The fourth-order valence-corrected chi connectivity index (χ4v) is 3.28. The summed E-state index contributed by atoms with van der Waals surface area (Å²) in [5, 5.41) is 0. The molecule has 136 valence electrons. The standard InChI is InChI=1S/C23H34N2/c1-2-3-4-5-6-7-8-9-10-11-12-15-21-17-19-25-23(20-21)22-16-13-14-18-24-22/h13-14,16-20H,2-12,15H2,1H3. The van der Waals surface area contributed by atoms with E-state index in [4.69, 9.17) is 0 Å². The highest BCUT2D eigenvalue weighted by atomic mass is 14.8. The monoisotopic (exact) mass is 338 g/mol. The van der Waals surface area contributed by atoms with Gasteiger partial charge in [0.25, 0.3) is 0 Å². The largest absolute Gasteiger partial charge is 0.255 e. The third-order valence-corrected chi connectivity index (χ3v) is 4.82. The van der Waals surface area contributed by atoms with E-state index in [1.54, 1.807) is 0 Å². The second-order valence-electron chi connectivity index (χ2n) is 7.05. The molecule has 0 aromatic carbocycles. The predicted molar refractivity (Wildman–Crippen MR) is 108 cm³/mol. The smallest absolute Gasteiger partial charge is 0.0888 e. The summed E-state index contributed by atoms with van der Waals surface area (Å²) in [6, 6.07) is 10.3. The van der Waals surface area contributed by atoms with Gasteiger partial charge in [0, 0.05) is 12.4 Å². The summed E-state index contributed by atoms with van der Waals surface area (Å²) in [4.78, 5) is 8.84. The van der Waals surface area contributed by atoms with Gasteiger partial charge in [0.2, 0.25) is 0 Å². The maximum absolute atomic E-state index is 4.45. The average molecular weight is 339 g/mol. The predicted octanol–water partition coefficient (Wildman–Crippen LogP) is 7.00. The number of pyridine rings is 2. The van der Waals surface area contributed by atoms with Gasteiger partial charge in [-0.2, -0.15) is 0 Å². The van der Waals surface area contributed by atoms with E-state index in [0.717, 1.165) is 17.8 Å². The van der Waals surface area contributed by atoms with Gasteiger partial charge < -0.3 is 0 Å². The van der Waals surface area contributed by atoms with Crippen LogP contribution in [0, 0.1) is 0 Å². The minimum absolute atomic E-state index is 0.961. The summed E-state index contributed by atoms with van der Waals surface area (Å²) in [7, 11) is 0. The molecule has 0 aliphatic rings. The summed E-state index contributed by atoms with van der Waals surface area (Å²) < 4.78 is 0. The molecule has 0 unspecified atom stereocenters. The van der Waals surface area contributed by atoms with Crippen molar-refractivity contribution in [2.24, 2.45) is 0 Å². The van der Waals surface area contributed by atoms with E-state index in [-0.39, 0.29) is 0 Å². The lowest BCUT2D eigenvalue weighted by atomic mass is 10.0. The number of hydrogen-bond donors (Lipinski definition) is 0. The van der Waals surface area contributed by atoms with Gasteiger partial charge in [-0.3, -0.25) is 9.97 Å². The topological polar surface area (TPSA) is 25.8 Å². The third kappa shape index (κ3) is 8.29. The molecule has 2 aromatic heterocycles. The number of aryl methyl sites for hydroxylation is 1. The first-order valence-electron chi connectivity index (χ1n) is 10.3. The van der Waals surface area contributed by atoms with Crippen molar-refractivity contribution in [3.8, 4) is 11.4 Å². The lowest BCUT2D eigenvalue weighted by molar-refractivity contribution is 0.549. The van der Waals surface area contributed by atoms with Crippen molar-refractivity contribution in [3.05, 3.63) is 48.3 Å². The zero-order valence-corrected chi connectivity index (χ0v) is 15.9. The summed E-state index contributed by atoms with van der Waals surface area (Å²) >= 11 is 0. The van der Waals surface area contributed by atoms with Crippen molar-refractivity contribution in [1.29, 1.82) is 0 Å². The number of rotatable bonds is 13. The van der Waals surface area contributed by atoms with Crippen molar-refractivity contribution < 1.29 is 0 Å². The Morgan fingerprint density at radius 1 is 0.640 bits per heavy atom. The molecule has 0 amide bonds. The van der Waals surface area contributed by atoms with Gasteiger partial charge in [0.15, 0.2) is 0 Å². The molecule has 0 spiro atoms. The summed E-state index contributed by atoms with van der Waals surface area (Å²) in [5.41, 5.74) is 3.33. The molecule has 0 aliphatic carbocycles. The Morgan fingerprint density at radius 3 is 1.92 bits per heavy atom. The molecule has 2 nitrogen and oxygen atoms in total. The molecule has 2 heteroatoms. The Balaban J connectivity index is 1.55. The van der Waals surface area contributed by atoms with Crippen LogP contribution in [0.15, 0.2) is 42.7 Å². The van der Waals surface area contributed by atoms with Crippen LogP contribution in [0.2, 0.25) is 0 Å². The Labute approximate surface area is 154 Å². The maximum Gasteiger partial charge on any atom is 0.0888 e. The Morgan fingerprint density at radius 2 is 1.28 bits per heavy atom. The first-order valence-corrected chi connectivity index (χ1v) is 10.3. The molecular formula is C23H34N2. The lowest BCUT2D eigenvalue weighted by Crippen LogP contribution is -1.91. The molecule has 0 radical (unpaired) electrons. The molecular weight excluding hydrogens is 304 g/mol. The van der Waals surface area contributed by atoms with Gasteiger partial charge in [-0.05, 0) is 42.7 Å². The lowest BCUT2D eigenvalue weighted by Gasteiger charge is -2.05. The van der Waals surface area contributed by atoms with Crippen molar-refractivity contribution in [2.45, 2.75) is 84.0 Å². The van der Waals surface area contributed by atoms with E-state index < -0.39 is 0 Å². The fraction of sp³-hybridized carbons (Fsp3) is 0.565. The first-order chi connectivity index (χ1) is 12.4. The van der Waals surface area contributed by atoms with E-state index in [1.165, 1.54) is 76.2 Å². The van der Waals surface area contributed by atoms with Crippen LogP contribution in [-0.2, 0) is 6.42 Å². The number of nitrogens with zero attached hydrogens (tertiary/aromatic N) is 2. The van der Waals surface area contributed by atoms with Gasteiger partial charge in [-0.15, -0.1) is 0 Å². The second-order valence-corrected chi connectivity index (χ2v) is 7.05. The van der Waals surface area contributed by atoms with E-state index >= 15 is 0 Å². The van der Waals surface area contributed by atoms with Crippen molar-refractivity contribution in [3.63, 3.8) is 0 Å². The number of aromatic nitrogens is 2. The van der Waals surface area contributed by atoms with Crippen molar-refractivity contribution >= 4 is 0 Å². The van der Waals surface area contributed by atoms with Crippen LogP contribution in [0.25, 0.3) is 11.4 Å². The van der Waals surface area contributed by atoms with Crippen LogP contribution in [0.4, 0.5) is 0 Å². The zero-order valence-electron chi connectivity index (χ0n) is 15.9. The molecule has 25 heavy (non-hydrogen) atoms. The Kier molecular flexibility index (Phi) is 9.92. The van der Waals surface area contributed by atoms with E-state index in [1.807, 2.05) is 30.6 Å². The summed E-state index contributed by atoms with van der Waals surface area (Å²) in [6.45, 7) is 2.28. The molecule has 0 bridgehead atoms. The van der Waals surface area contributed by atoms with Crippen LogP contribution >= 0.6 is 0 Å². The minimum atomic E-state index is 0.961. The average Bonchev–Trinajstić information content (AvgIpc) is 2.67. The minimum Gasteiger partial charge on any atom is -0.255 e. The van der Waals surface area contributed by atoms with E-state index in [9.17, 15) is 0 Å². The van der Waals surface area contributed by atoms with Gasteiger partial charge in [0.1, 0.15) is 0 Å². The highest BCUT2D eigenvalue weighted by molar-refractivity contribution is 5.54. The van der Waals surface area contributed by atoms with Gasteiger partial charge in [0.05, 0.1) is 11.4 Å². The quantitative estimate of drug-likeness (QED) is 0.367. The summed E-state index contributed by atoms with van der Waals surface area (Å²) in [6.07, 6.45) is 20.2. The highest BCUT2D eigenvalue weighted by Gasteiger charge is 2.01. The molecule has 2 rings (SSSR count). The molecule has 0 N–H and O–H groups in total. The second kappa shape index (κ2) is 12.6. The van der Waals surface area contributed by atoms with E-state index in [2.05, 4.69) is 29.0 Å². The van der Waals surface area contributed by atoms with Crippen LogP contribution in [0.1, 0.15) is 83.1 Å². The van der Waals surface area contributed by atoms with Crippen LogP contribution < -0.4 is 0 Å². The molecule has 0 aliphatic heterocycles. The van der Waals surface area contributed by atoms with Crippen LogP contribution in [0.3, 0.4) is 0 Å². The van der Waals surface area contributed by atoms with Gasteiger partial charge >= 0.3 is 0 Å². The van der Waals surface area contributed by atoms with E-state index in [0.29, 0.717) is 0 Å². The molecule has 0 saturated heterocycles. The highest BCUT2D eigenvalue weighted by Crippen LogP contribution is 2.17. The number of unbranched alkanes of at least 4 members (excludes halogenated alkanes) is 10. The molecule has 0 atom stereocenters. The Hall–Kier alpha value is -1.70. The molecule has 2 heterocycles. The Bertz CT molecular complexity index is 565. The molecule has 0 saturated carbocycles.